The molecule has 3 rings (SSSR count). The molecule has 1 aliphatic heterocycles. The monoisotopic (exact) mass is 363 g/mol. The van der Waals surface area contributed by atoms with Gasteiger partial charge in [0.05, 0.1) is 6.54 Å². The number of aliphatic imine (C=N–C) groups is 1. The highest BCUT2D eigenvalue weighted by molar-refractivity contribution is 6.46. The van der Waals surface area contributed by atoms with Crippen molar-refractivity contribution in [3.63, 3.8) is 0 Å². The fourth-order valence-corrected chi connectivity index (χ4v) is 3.20. The van der Waals surface area contributed by atoms with Gasteiger partial charge in [0.1, 0.15) is 5.71 Å². The number of urea groups is 1. The van der Waals surface area contributed by atoms with Gasteiger partial charge < -0.3 is 4.90 Å². The Hall–Kier alpha value is -2.95. The number of hydrogen-bond acceptors (Lipinski definition) is 3. The van der Waals surface area contributed by atoms with Crippen molar-refractivity contribution in [2.24, 2.45) is 4.99 Å². The maximum absolute atomic E-state index is 12.6. The Kier molecular flexibility index (Phi) is 5.69. The van der Waals surface area contributed by atoms with Gasteiger partial charge in [-0.25, -0.2) is 4.79 Å². The molecule has 2 aromatic carbocycles. The zero-order valence-corrected chi connectivity index (χ0v) is 16.1. The maximum atomic E-state index is 12.6. The summed E-state index contributed by atoms with van der Waals surface area (Å²) in [7, 11) is 0. The minimum atomic E-state index is -0.477. The molecule has 0 fully saturated rings. The molecule has 0 bridgehead atoms. The van der Waals surface area contributed by atoms with Crippen molar-refractivity contribution < 1.29 is 9.59 Å². The topological polar surface area (TPSA) is 53.0 Å². The zero-order valence-electron chi connectivity index (χ0n) is 16.1. The lowest BCUT2D eigenvalue weighted by atomic mass is 10.1. The van der Waals surface area contributed by atoms with Gasteiger partial charge in [0.15, 0.2) is 0 Å². The standard InChI is InChI=1S/C22H25N3O2/c1-4-24(5-2)19-12-10-17(11-13-19)14-20-21(26)25(22(27)23-20)15-18-8-6-16(3)7-9-18/h6-13H,4-5,14-15H2,1-3H3. The van der Waals surface area contributed by atoms with Gasteiger partial charge in [0, 0.05) is 25.2 Å². The van der Waals surface area contributed by atoms with Crippen molar-refractivity contribution in [3.05, 3.63) is 65.2 Å². The van der Waals surface area contributed by atoms with Crippen LogP contribution in [0.3, 0.4) is 0 Å². The normalized spacial score (nSPS) is 13.9. The number of amides is 3. The van der Waals surface area contributed by atoms with Gasteiger partial charge in [0.25, 0.3) is 5.91 Å². The molecule has 1 heterocycles. The third-order valence-electron chi connectivity index (χ3n) is 4.85. The zero-order chi connectivity index (χ0) is 19.4. The van der Waals surface area contributed by atoms with Crippen LogP contribution in [0.25, 0.3) is 0 Å². The summed E-state index contributed by atoms with van der Waals surface area (Å²) in [5.41, 5.74) is 4.50. The van der Waals surface area contributed by atoms with E-state index in [-0.39, 0.29) is 12.5 Å². The van der Waals surface area contributed by atoms with E-state index in [0.29, 0.717) is 12.1 Å². The van der Waals surface area contributed by atoms with Crippen LogP contribution in [0.5, 0.6) is 0 Å². The predicted molar refractivity (Wildman–Crippen MR) is 108 cm³/mol. The van der Waals surface area contributed by atoms with E-state index in [2.05, 4.69) is 23.7 Å². The molecule has 0 radical (unpaired) electrons. The Bertz CT molecular complexity index is 850. The highest BCUT2D eigenvalue weighted by atomic mass is 16.2. The Labute approximate surface area is 160 Å². The molecule has 0 unspecified atom stereocenters. The van der Waals surface area contributed by atoms with Crippen LogP contribution >= 0.6 is 0 Å². The molecule has 0 spiro atoms. The third-order valence-corrected chi connectivity index (χ3v) is 4.85. The number of rotatable bonds is 7. The molecule has 5 nitrogen and oxygen atoms in total. The van der Waals surface area contributed by atoms with Crippen LogP contribution in [0.4, 0.5) is 10.5 Å². The molecule has 2 aromatic rings. The van der Waals surface area contributed by atoms with Gasteiger partial charge in [-0.2, -0.15) is 4.99 Å². The number of imide groups is 1. The summed E-state index contributed by atoms with van der Waals surface area (Å²) < 4.78 is 0. The number of nitrogens with zero attached hydrogens (tertiary/aromatic N) is 3. The molecule has 0 aromatic heterocycles. The molecule has 0 atom stereocenters. The van der Waals surface area contributed by atoms with Gasteiger partial charge >= 0.3 is 6.03 Å². The SMILES string of the molecule is CCN(CC)c1ccc(CC2=NC(=O)N(Cc3ccc(C)cc3)C2=O)cc1. The molecule has 1 aliphatic rings. The highest BCUT2D eigenvalue weighted by Crippen LogP contribution is 2.18. The van der Waals surface area contributed by atoms with Crippen LogP contribution in [0, 0.1) is 6.92 Å². The van der Waals surface area contributed by atoms with E-state index in [1.807, 2.05) is 55.5 Å². The molecular formula is C22H25N3O2. The summed E-state index contributed by atoms with van der Waals surface area (Å²) in [5, 5.41) is 0. The van der Waals surface area contributed by atoms with Crippen molar-refractivity contribution in [3.8, 4) is 0 Å². The second kappa shape index (κ2) is 8.16. The Morgan fingerprint density at radius 1 is 0.889 bits per heavy atom. The molecule has 3 amide bonds. The lowest BCUT2D eigenvalue weighted by molar-refractivity contribution is -0.121. The van der Waals surface area contributed by atoms with Gasteiger partial charge in [-0.05, 0) is 44.0 Å². The smallest absolute Gasteiger partial charge is 0.351 e. The number of benzene rings is 2. The van der Waals surface area contributed by atoms with Gasteiger partial charge in [-0.3, -0.25) is 9.69 Å². The first-order chi connectivity index (χ1) is 13.0. The minimum Gasteiger partial charge on any atom is -0.372 e. The summed E-state index contributed by atoms with van der Waals surface area (Å²) in [6.45, 7) is 8.40. The van der Waals surface area contributed by atoms with E-state index < -0.39 is 6.03 Å². The average Bonchev–Trinajstić information content (AvgIpc) is 2.93. The summed E-state index contributed by atoms with van der Waals surface area (Å²) in [6, 6.07) is 15.4. The van der Waals surface area contributed by atoms with Crippen LogP contribution < -0.4 is 4.90 Å². The van der Waals surface area contributed by atoms with Crippen LogP contribution in [0.2, 0.25) is 0 Å². The van der Waals surface area contributed by atoms with Crippen LogP contribution in [0.15, 0.2) is 53.5 Å². The second-order valence-corrected chi connectivity index (χ2v) is 6.73. The molecule has 0 saturated carbocycles. The Morgan fingerprint density at radius 2 is 1.48 bits per heavy atom. The van der Waals surface area contributed by atoms with E-state index in [1.54, 1.807) is 0 Å². The number of carbonyl (C=O) groups is 2. The van der Waals surface area contributed by atoms with E-state index in [9.17, 15) is 9.59 Å². The molecule has 0 saturated heterocycles. The van der Waals surface area contributed by atoms with Crippen molar-refractivity contribution in [1.29, 1.82) is 0 Å². The molecule has 0 aliphatic carbocycles. The first-order valence-corrected chi connectivity index (χ1v) is 9.34. The lowest BCUT2D eigenvalue weighted by Gasteiger charge is -2.21. The largest absolute Gasteiger partial charge is 0.372 e. The molecule has 27 heavy (non-hydrogen) atoms. The van der Waals surface area contributed by atoms with E-state index in [1.165, 1.54) is 4.90 Å². The maximum Gasteiger partial charge on any atom is 0.351 e. The average molecular weight is 363 g/mol. The summed E-state index contributed by atoms with van der Waals surface area (Å²) >= 11 is 0. The van der Waals surface area contributed by atoms with Crippen LogP contribution in [-0.2, 0) is 17.8 Å². The van der Waals surface area contributed by atoms with Gasteiger partial charge in [0.2, 0.25) is 0 Å². The van der Waals surface area contributed by atoms with Crippen molar-refractivity contribution in [2.45, 2.75) is 33.7 Å². The first kappa shape index (κ1) is 18.8. The molecule has 140 valence electrons. The van der Waals surface area contributed by atoms with E-state index in [4.69, 9.17) is 0 Å². The Balaban J connectivity index is 1.67. The fourth-order valence-electron chi connectivity index (χ4n) is 3.20. The lowest BCUT2D eigenvalue weighted by Crippen LogP contribution is -2.32. The van der Waals surface area contributed by atoms with Gasteiger partial charge in [-0.15, -0.1) is 0 Å². The van der Waals surface area contributed by atoms with E-state index >= 15 is 0 Å². The molecular weight excluding hydrogens is 338 g/mol. The van der Waals surface area contributed by atoms with Crippen LogP contribution in [0.1, 0.15) is 30.5 Å². The van der Waals surface area contributed by atoms with E-state index in [0.717, 1.165) is 35.5 Å². The first-order valence-electron chi connectivity index (χ1n) is 9.34. The molecule has 0 N–H and O–H groups in total. The minimum absolute atomic E-state index is 0.256. The third kappa shape index (κ3) is 4.25. The number of hydrogen-bond donors (Lipinski definition) is 0. The number of carbonyl (C=O) groups excluding carboxylic acids is 2. The van der Waals surface area contributed by atoms with Crippen molar-refractivity contribution in [2.75, 3.05) is 18.0 Å². The Morgan fingerprint density at radius 3 is 2.07 bits per heavy atom. The van der Waals surface area contributed by atoms with Gasteiger partial charge in [-0.1, -0.05) is 42.0 Å². The van der Waals surface area contributed by atoms with Crippen molar-refractivity contribution in [1.82, 2.24) is 4.90 Å². The summed E-state index contributed by atoms with van der Waals surface area (Å²) in [5.74, 6) is -0.298. The summed E-state index contributed by atoms with van der Waals surface area (Å²) in [6.07, 6.45) is 0.369. The fraction of sp³-hybridized carbons (Fsp3) is 0.318. The number of aryl methyl sites for hydroxylation is 1. The van der Waals surface area contributed by atoms with Crippen molar-refractivity contribution >= 4 is 23.3 Å². The quantitative estimate of drug-likeness (QED) is 0.747. The second-order valence-electron chi connectivity index (χ2n) is 6.73. The summed E-state index contributed by atoms with van der Waals surface area (Å²) in [4.78, 5) is 32.3. The molecule has 5 heteroatoms. The predicted octanol–water partition coefficient (Wildman–Crippen LogP) is 3.99. The van der Waals surface area contributed by atoms with Crippen LogP contribution in [-0.4, -0.2) is 35.6 Å². The highest BCUT2D eigenvalue weighted by Gasteiger charge is 2.32. The number of anilines is 1.